The maximum Gasteiger partial charge on any atom is 0.335 e. The van der Waals surface area contributed by atoms with Crippen molar-refractivity contribution >= 4 is 46.5 Å². The van der Waals surface area contributed by atoms with Crippen LogP contribution < -0.4 is 10.1 Å². The molecule has 0 radical (unpaired) electrons. The zero-order valence-electron chi connectivity index (χ0n) is 16.6. The van der Waals surface area contributed by atoms with Crippen LogP contribution in [0.15, 0.2) is 30.3 Å². The second-order valence-corrected chi connectivity index (χ2v) is 7.97. The lowest BCUT2D eigenvalue weighted by Crippen LogP contribution is -2.61. The van der Waals surface area contributed by atoms with Crippen molar-refractivity contribution in [2.24, 2.45) is 0 Å². The van der Waals surface area contributed by atoms with Gasteiger partial charge in [-0.25, -0.2) is 4.79 Å². The van der Waals surface area contributed by atoms with Gasteiger partial charge in [-0.15, -0.1) is 0 Å². The third-order valence-corrected chi connectivity index (χ3v) is 5.37. The molecule has 0 amide bonds. The summed E-state index contributed by atoms with van der Waals surface area (Å²) in [6.45, 7) is 0. The minimum absolute atomic E-state index is 0.00696. The molecule has 0 bridgehead atoms. The van der Waals surface area contributed by atoms with Crippen LogP contribution in [0, 0.1) is 0 Å². The number of nitrogens with one attached hydrogen (secondary N) is 1. The molecule has 33 heavy (non-hydrogen) atoms. The molecule has 1 fully saturated rings. The molecule has 0 spiro atoms. The molecule has 1 unspecified atom stereocenters. The zero-order valence-corrected chi connectivity index (χ0v) is 18.1. The summed E-state index contributed by atoms with van der Waals surface area (Å²) >= 11 is 12.6. The molecule has 1 saturated heterocycles. The largest absolute Gasteiger partial charge is 0.508 e. The van der Waals surface area contributed by atoms with Gasteiger partial charge in [-0.2, -0.15) is 0 Å². The van der Waals surface area contributed by atoms with E-state index in [4.69, 9.17) is 42.9 Å². The molecular formula is C20H19Cl2NO10. The number of rotatable bonds is 7. The lowest BCUT2D eigenvalue weighted by Gasteiger charge is -2.38. The first-order valence-electron chi connectivity index (χ1n) is 9.36. The smallest absolute Gasteiger partial charge is 0.335 e. The molecule has 0 aromatic heterocycles. The number of ether oxygens (including phenoxy) is 2. The molecule has 1 aliphatic heterocycles. The Morgan fingerprint density at radius 1 is 1.00 bits per heavy atom. The number of phenolic OH excluding ortho intramolecular Hbond substituents is 1. The Hall–Kier alpha value is -2.80. The predicted molar refractivity (Wildman–Crippen MR) is 114 cm³/mol. The van der Waals surface area contributed by atoms with Gasteiger partial charge in [-0.05, 0) is 23.8 Å². The highest BCUT2D eigenvalue weighted by molar-refractivity contribution is 6.39. The summed E-state index contributed by atoms with van der Waals surface area (Å²) in [6.07, 6.45) is -9.39. The van der Waals surface area contributed by atoms with Crippen molar-refractivity contribution in [1.82, 2.24) is 0 Å². The Kier molecular flexibility index (Phi) is 7.52. The Balaban J connectivity index is 1.84. The van der Waals surface area contributed by atoms with E-state index in [0.717, 1.165) is 0 Å². The summed E-state index contributed by atoms with van der Waals surface area (Å²) in [6, 6.07) is 6.58. The summed E-state index contributed by atoms with van der Waals surface area (Å²) in [4.78, 5) is 22.3. The fourth-order valence-corrected chi connectivity index (χ4v) is 3.73. The van der Waals surface area contributed by atoms with Crippen LogP contribution in [0.1, 0.15) is 5.56 Å². The minimum Gasteiger partial charge on any atom is -0.508 e. The highest BCUT2D eigenvalue weighted by Crippen LogP contribution is 2.39. The topological polar surface area (TPSA) is 186 Å². The number of aliphatic hydroxyl groups excluding tert-OH is 3. The van der Waals surface area contributed by atoms with E-state index in [1.807, 2.05) is 0 Å². The number of carboxylic acid groups (broad SMARTS) is 2. The molecule has 5 atom stereocenters. The summed E-state index contributed by atoms with van der Waals surface area (Å²) in [5.74, 6) is -2.87. The quantitative estimate of drug-likeness (QED) is 0.270. The number of aliphatic hydroxyl groups is 3. The normalized spacial score (nSPS) is 24.8. The SMILES string of the molecule is O=C(O)Cc1cc(O)ccc1Nc1c(Cl)cc(OC2O[C@H](C(=O)O)[C@@H](O)[C@H](O)[C@H]2O)cc1Cl. The number of aromatic hydroxyl groups is 1. The molecule has 7 N–H and O–H groups in total. The van der Waals surface area contributed by atoms with Gasteiger partial charge in [-0.3, -0.25) is 4.79 Å². The van der Waals surface area contributed by atoms with Crippen LogP contribution in [0.3, 0.4) is 0 Å². The van der Waals surface area contributed by atoms with E-state index in [0.29, 0.717) is 5.69 Å². The average Bonchev–Trinajstić information content (AvgIpc) is 2.71. The number of carbonyl (C=O) groups is 2. The number of halogens is 2. The number of hydrogen-bond donors (Lipinski definition) is 7. The lowest BCUT2D eigenvalue weighted by atomic mass is 9.99. The van der Waals surface area contributed by atoms with Crippen molar-refractivity contribution < 1.29 is 49.7 Å². The number of anilines is 2. The molecule has 2 aromatic rings. The maximum absolute atomic E-state index is 11.2. The van der Waals surface area contributed by atoms with E-state index >= 15 is 0 Å². The molecule has 11 nitrogen and oxygen atoms in total. The van der Waals surface area contributed by atoms with Crippen molar-refractivity contribution in [1.29, 1.82) is 0 Å². The Labute approximate surface area is 196 Å². The Morgan fingerprint density at radius 3 is 2.21 bits per heavy atom. The average molecular weight is 504 g/mol. The summed E-state index contributed by atoms with van der Waals surface area (Å²) < 4.78 is 10.5. The van der Waals surface area contributed by atoms with Crippen LogP contribution in [0.4, 0.5) is 11.4 Å². The highest BCUT2D eigenvalue weighted by atomic mass is 35.5. The van der Waals surface area contributed by atoms with E-state index in [1.165, 1.54) is 30.3 Å². The van der Waals surface area contributed by atoms with Gasteiger partial charge in [0.05, 0.1) is 22.2 Å². The van der Waals surface area contributed by atoms with Crippen molar-refractivity contribution in [3.63, 3.8) is 0 Å². The van der Waals surface area contributed by atoms with Gasteiger partial charge in [0.2, 0.25) is 6.29 Å². The van der Waals surface area contributed by atoms with Gasteiger partial charge < -0.3 is 45.4 Å². The van der Waals surface area contributed by atoms with Crippen LogP contribution >= 0.6 is 23.2 Å². The van der Waals surface area contributed by atoms with Crippen LogP contribution in [-0.4, -0.2) is 73.3 Å². The molecule has 178 valence electrons. The van der Waals surface area contributed by atoms with Crippen molar-refractivity contribution in [3.05, 3.63) is 45.9 Å². The zero-order chi connectivity index (χ0) is 24.4. The first-order chi connectivity index (χ1) is 15.5. The third-order valence-electron chi connectivity index (χ3n) is 4.77. The summed E-state index contributed by atoms with van der Waals surface area (Å²) in [5, 5.41) is 60.5. The molecule has 3 rings (SSSR count). The number of aliphatic carboxylic acids is 2. The van der Waals surface area contributed by atoms with E-state index in [2.05, 4.69) is 5.32 Å². The second kappa shape index (κ2) is 10.00. The number of hydrogen-bond acceptors (Lipinski definition) is 9. The van der Waals surface area contributed by atoms with E-state index < -0.39 is 42.6 Å². The fourth-order valence-electron chi connectivity index (χ4n) is 3.17. The van der Waals surface area contributed by atoms with E-state index in [1.54, 1.807) is 0 Å². The number of phenols is 1. The number of benzene rings is 2. The van der Waals surface area contributed by atoms with E-state index in [9.17, 15) is 30.0 Å². The lowest BCUT2D eigenvalue weighted by molar-refractivity contribution is -0.271. The highest BCUT2D eigenvalue weighted by Gasteiger charge is 2.48. The monoisotopic (exact) mass is 503 g/mol. The Bertz CT molecular complexity index is 1040. The Morgan fingerprint density at radius 2 is 1.64 bits per heavy atom. The maximum atomic E-state index is 11.2. The van der Waals surface area contributed by atoms with E-state index in [-0.39, 0.29) is 39.2 Å². The summed E-state index contributed by atoms with van der Waals surface area (Å²) in [7, 11) is 0. The predicted octanol–water partition coefficient (Wildman–Crippen LogP) is 1.34. The van der Waals surface area contributed by atoms with Crippen molar-refractivity contribution in [3.8, 4) is 11.5 Å². The molecular weight excluding hydrogens is 485 g/mol. The number of carboxylic acids is 2. The van der Waals surface area contributed by atoms with Gasteiger partial charge in [0, 0.05) is 17.8 Å². The fraction of sp³-hybridized carbons (Fsp3) is 0.300. The molecule has 1 aliphatic rings. The van der Waals surface area contributed by atoms with Crippen LogP contribution in [0.2, 0.25) is 10.0 Å². The van der Waals surface area contributed by atoms with Crippen LogP contribution in [0.25, 0.3) is 0 Å². The van der Waals surface area contributed by atoms with Gasteiger partial charge >= 0.3 is 11.9 Å². The van der Waals surface area contributed by atoms with Gasteiger partial charge in [0.1, 0.15) is 29.8 Å². The van der Waals surface area contributed by atoms with Crippen molar-refractivity contribution in [2.45, 2.75) is 37.1 Å². The van der Waals surface area contributed by atoms with Crippen LogP contribution in [-0.2, 0) is 20.7 Å². The third kappa shape index (κ3) is 5.58. The van der Waals surface area contributed by atoms with Gasteiger partial charge in [-0.1, -0.05) is 23.2 Å². The van der Waals surface area contributed by atoms with Crippen LogP contribution in [0.5, 0.6) is 11.5 Å². The second-order valence-electron chi connectivity index (χ2n) is 7.15. The molecule has 13 heteroatoms. The minimum atomic E-state index is -1.87. The molecule has 2 aromatic carbocycles. The van der Waals surface area contributed by atoms with Gasteiger partial charge in [0.15, 0.2) is 6.10 Å². The van der Waals surface area contributed by atoms with Crippen molar-refractivity contribution in [2.75, 3.05) is 5.32 Å². The standard InChI is InChI=1S/C20H19Cl2NO10/c21-10-5-9(32-20-17(29)15(27)16(28)18(33-20)19(30)31)6-11(22)14(10)23-12-2-1-8(24)3-7(12)4-13(25)26/h1-3,5-6,15-18,20,23-24,27-29H,4H2,(H,25,26)(H,30,31)/t15-,16-,17+,18-,20?/m0/s1. The van der Waals surface area contributed by atoms with Gasteiger partial charge in [0.25, 0.3) is 0 Å². The summed E-state index contributed by atoms with van der Waals surface area (Å²) in [5.41, 5.74) is 0.757. The molecule has 0 aliphatic carbocycles. The molecule has 0 saturated carbocycles. The first-order valence-corrected chi connectivity index (χ1v) is 10.1. The first kappa shape index (κ1) is 24.8. The molecule has 1 heterocycles.